The van der Waals surface area contributed by atoms with E-state index in [1.165, 1.54) is 0 Å². The minimum atomic E-state index is 0.343. The molecule has 0 fully saturated rings. The largest absolute Gasteiger partial charge is 0.508 e. The summed E-state index contributed by atoms with van der Waals surface area (Å²) in [5.74, 6) is 0.343. The average Bonchev–Trinajstić information content (AvgIpc) is 2.04. The lowest BCUT2D eigenvalue weighted by molar-refractivity contribution is 0.474. The summed E-state index contributed by atoms with van der Waals surface area (Å²) in [6.45, 7) is 2.12. The molecule has 1 aromatic carbocycles. The third-order valence-corrected chi connectivity index (χ3v) is 1.95. The van der Waals surface area contributed by atoms with Crippen LogP contribution in [0.2, 0.25) is 0 Å². The minimum absolute atomic E-state index is 0.343. The van der Waals surface area contributed by atoms with Crippen molar-refractivity contribution in [3.63, 3.8) is 0 Å². The van der Waals surface area contributed by atoms with Gasteiger partial charge in [-0.2, -0.15) is 0 Å². The lowest BCUT2D eigenvalue weighted by Gasteiger charge is -2.09. The molecule has 0 amide bonds. The molecule has 0 unspecified atom stereocenters. The summed E-state index contributed by atoms with van der Waals surface area (Å²) in [5.41, 5.74) is 1.16. The van der Waals surface area contributed by atoms with Crippen LogP contribution in [0.15, 0.2) is 24.3 Å². The van der Waals surface area contributed by atoms with E-state index in [0.717, 1.165) is 12.0 Å². The molecule has 2 N–H and O–H groups in total. The number of phenols is 1. The number of nitrogens with one attached hydrogen (secondary N) is 1. The Labute approximate surface area is 73.2 Å². The second kappa shape index (κ2) is 4.12. The monoisotopic (exact) mass is 165 g/mol. The van der Waals surface area contributed by atoms with Crippen LogP contribution in [0.25, 0.3) is 0 Å². The SMILES string of the molecule is CN[C@@H](C)Cc1cccc(O)c1. The van der Waals surface area contributed by atoms with E-state index in [-0.39, 0.29) is 0 Å². The molecule has 1 atom stereocenters. The van der Waals surface area contributed by atoms with E-state index in [1.807, 2.05) is 19.2 Å². The van der Waals surface area contributed by atoms with Crippen molar-refractivity contribution < 1.29 is 5.11 Å². The standard InChI is InChI=1S/C10H15NO/c1-8(11-2)6-9-4-3-5-10(12)7-9/h3-5,7-8,11-12H,6H2,1-2H3/t8-/m0/s1. The van der Waals surface area contributed by atoms with Crippen molar-refractivity contribution in [3.05, 3.63) is 29.8 Å². The predicted octanol–water partition coefficient (Wildman–Crippen LogP) is 1.54. The van der Waals surface area contributed by atoms with Crippen LogP contribution in [0.3, 0.4) is 0 Å². The number of hydrogen-bond acceptors (Lipinski definition) is 2. The van der Waals surface area contributed by atoms with Gasteiger partial charge in [0.1, 0.15) is 5.75 Å². The third-order valence-electron chi connectivity index (χ3n) is 1.95. The van der Waals surface area contributed by atoms with Crippen LogP contribution >= 0.6 is 0 Å². The van der Waals surface area contributed by atoms with E-state index in [0.29, 0.717) is 11.8 Å². The van der Waals surface area contributed by atoms with Gasteiger partial charge in [-0.3, -0.25) is 0 Å². The van der Waals surface area contributed by atoms with Crippen molar-refractivity contribution in [2.45, 2.75) is 19.4 Å². The lowest BCUT2D eigenvalue weighted by Crippen LogP contribution is -2.23. The second-order valence-corrected chi connectivity index (χ2v) is 3.06. The summed E-state index contributed by atoms with van der Waals surface area (Å²) in [6, 6.07) is 7.83. The number of phenolic OH excluding ortho intramolecular Hbond substituents is 1. The Balaban J connectivity index is 2.63. The maximum absolute atomic E-state index is 9.18. The number of hydrogen-bond donors (Lipinski definition) is 2. The van der Waals surface area contributed by atoms with Crippen molar-refractivity contribution in [2.75, 3.05) is 7.05 Å². The van der Waals surface area contributed by atoms with Gasteiger partial charge in [0.15, 0.2) is 0 Å². The van der Waals surface area contributed by atoms with Crippen molar-refractivity contribution >= 4 is 0 Å². The van der Waals surface area contributed by atoms with Crippen molar-refractivity contribution in [1.29, 1.82) is 0 Å². The van der Waals surface area contributed by atoms with E-state index in [2.05, 4.69) is 12.2 Å². The van der Waals surface area contributed by atoms with Gasteiger partial charge in [0, 0.05) is 6.04 Å². The van der Waals surface area contributed by atoms with Crippen LogP contribution in [0.5, 0.6) is 5.75 Å². The molecular formula is C10H15NO. The Kier molecular flexibility index (Phi) is 3.11. The molecule has 0 bridgehead atoms. The maximum Gasteiger partial charge on any atom is 0.115 e. The Morgan fingerprint density at radius 3 is 2.83 bits per heavy atom. The van der Waals surface area contributed by atoms with Gasteiger partial charge >= 0.3 is 0 Å². The lowest BCUT2D eigenvalue weighted by atomic mass is 10.1. The van der Waals surface area contributed by atoms with Crippen LogP contribution in [0, 0.1) is 0 Å². The Bertz CT molecular complexity index is 247. The van der Waals surface area contributed by atoms with Crippen molar-refractivity contribution in [1.82, 2.24) is 5.32 Å². The molecule has 1 rings (SSSR count). The first kappa shape index (κ1) is 9.07. The molecule has 12 heavy (non-hydrogen) atoms. The van der Waals surface area contributed by atoms with Gasteiger partial charge in [0.2, 0.25) is 0 Å². The fourth-order valence-electron chi connectivity index (χ4n) is 1.14. The van der Waals surface area contributed by atoms with Gasteiger partial charge in [-0.25, -0.2) is 0 Å². The Hall–Kier alpha value is -1.02. The summed E-state index contributed by atoms with van der Waals surface area (Å²) < 4.78 is 0. The molecule has 0 aliphatic carbocycles. The van der Waals surface area contributed by atoms with Gasteiger partial charge < -0.3 is 10.4 Å². The molecular weight excluding hydrogens is 150 g/mol. The van der Waals surface area contributed by atoms with Gasteiger partial charge in [0.05, 0.1) is 0 Å². The second-order valence-electron chi connectivity index (χ2n) is 3.06. The molecule has 0 spiro atoms. The highest BCUT2D eigenvalue weighted by Crippen LogP contribution is 2.12. The molecule has 66 valence electrons. The Morgan fingerprint density at radius 2 is 2.25 bits per heavy atom. The molecule has 0 saturated carbocycles. The van der Waals surface area contributed by atoms with Gasteiger partial charge in [-0.05, 0) is 38.1 Å². The zero-order valence-corrected chi connectivity index (χ0v) is 7.54. The van der Waals surface area contributed by atoms with E-state index in [4.69, 9.17) is 0 Å². The summed E-state index contributed by atoms with van der Waals surface area (Å²) in [6.07, 6.45) is 0.949. The highest BCUT2D eigenvalue weighted by molar-refractivity contribution is 5.27. The van der Waals surface area contributed by atoms with E-state index >= 15 is 0 Å². The van der Waals surface area contributed by atoms with Gasteiger partial charge in [-0.1, -0.05) is 12.1 Å². The van der Waals surface area contributed by atoms with Crippen LogP contribution < -0.4 is 5.32 Å². The molecule has 2 nitrogen and oxygen atoms in total. The molecule has 0 saturated heterocycles. The molecule has 2 heteroatoms. The van der Waals surface area contributed by atoms with Gasteiger partial charge in [-0.15, -0.1) is 0 Å². The van der Waals surface area contributed by atoms with Crippen LogP contribution in [0.1, 0.15) is 12.5 Å². The number of benzene rings is 1. The summed E-state index contributed by atoms with van der Waals surface area (Å²) in [5, 5.41) is 12.3. The topological polar surface area (TPSA) is 32.3 Å². The number of rotatable bonds is 3. The van der Waals surface area contributed by atoms with E-state index in [1.54, 1.807) is 12.1 Å². The fourth-order valence-corrected chi connectivity index (χ4v) is 1.14. The van der Waals surface area contributed by atoms with Crippen LogP contribution in [-0.2, 0) is 6.42 Å². The molecule has 0 aliphatic rings. The average molecular weight is 165 g/mol. The smallest absolute Gasteiger partial charge is 0.115 e. The highest BCUT2D eigenvalue weighted by Gasteiger charge is 2.00. The first-order valence-corrected chi connectivity index (χ1v) is 4.17. The molecule has 0 aliphatic heterocycles. The quantitative estimate of drug-likeness (QED) is 0.712. The summed E-state index contributed by atoms with van der Waals surface area (Å²) in [4.78, 5) is 0. The fraction of sp³-hybridized carbons (Fsp3) is 0.400. The summed E-state index contributed by atoms with van der Waals surface area (Å²) >= 11 is 0. The van der Waals surface area contributed by atoms with Crippen molar-refractivity contribution in [2.24, 2.45) is 0 Å². The minimum Gasteiger partial charge on any atom is -0.508 e. The molecule has 1 aromatic rings. The molecule has 0 radical (unpaired) electrons. The number of likely N-dealkylation sites (N-methyl/N-ethyl adjacent to an activating group) is 1. The summed E-state index contributed by atoms with van der Waals surface area (Å²) in [7, 11) is 1.94. The first-order valence-electron chi connectivity index (χ1n) is 4.17. The van der Waals surface area contributed by atoms with Crippen LogP contribution in [-0.4, -0.2) is 18.2 Å². The van der Waals surface area contributed by atoms with Crippen molar-refractivity contribution in [3.8, 4) is 5.75 Å². The highest BCUT2D eigenvalue weighted by atomic mass is 16.3. The molecule has 0 aromatic heterocycles. The zero-order valence-electron chi connectivity index (χ0n) is 7.54. The van der Waals surface area contributed by atoms with E-state index in [9.17, 15) is 5.11 Å². The third kappa shape index (κ3) is 2.55. The van der Waals surface area contributed by atoms with E-state index < -0.39 is 0 Å². The number of aromatic hydroxyl groups is 1. The first-order chi connectivity index (χ1) is 5.72. The Morgan fingerprint density at radius 1 is 1.50 bits per heavy atom. The maximum atomic E-state index is 9.18. The predicted molar refractivity (Wildman–Crippen MR) is 50.3 cm³/mol. The zero-order chi connectivity index (χ0) is 8.97. The molecule has 0 heterocycles. The van der Waals surface area contributed by atoms with Crippen LogP contribution in [0.4, 0.5) is 0 Å². The normalized spacial score (nSPS) is 12.8. The van der Waals surface area contributed by atoms with Gasteiger partial charge in [0.25, 0.3) is 0 Å².